The van der Waals surface area contributed by atoms with Gasteiger partial charge in [0, 0.05) is 10.7 Å². The Hall–Kier alpha value is -3.11. The molecule has 1 heterocycles. The van der Waals surface area contributed by atoms with Crippen molar-refractivity contribution in [3.63, 3.8) is 0 Å². The van der Waals surface area contributed by atoms with Crippen LogP contribution in [0.15, 0.2) is 69.9 Å². The SMILES string of the molecule is CCOc1cc(C(CS(C)(=O)=O)n2c(=O)n(Cc3ccc(F)cc3)c3cc(Br)ccc32)ccc1OC. The van der Waals surface area contributed by atoms with E-state index in [4.69, 9.17) is 9.47 Å². The van der Waals surface area contributed by atoms with E-state index in [1.165, 1.54) is 23.8 Å². The van der Waals surface area contributed by atoms with Gasteiger partial charge in [-0.2, -0.15) is 0 Å². The van der Waals surface area contributed by atoms with E-state index >= 15 is 0 Å². The third-order valence-corrected chi connectivity index (χ3v) is 7.24. The van der Waals surface area contributed by atoms with Crippen LogP contribution in [-0.2, 0) is 16.4 Å². The van der Waals surface area contributed by atoms with Crippen molar-refractivity contribution < 1.29 is 22.3 Å². The summed E-state index contributed by atoms with van der Waals surface area (Å²) in [7, 11) is -1.98. The molecule has 4 aromatic rings. The van der Waals surface area contributed by atoms with Crippen LogP contribution in [-0.4, -0.2) is 43.3 Å². The molecule has 0 radical (unpaired) electrons. The Labute approximate surface area is 217 Å². The number of hydrogen-bond donors (Lipinski definition) is 0. The van der Waals surface area contributed by atoms with Crippen LogP contribution in [0.2, 0.25) is 0 Å². The molecule has 4 rings (SSSR count). The second-order valence-corrected chi connectivity index (χ2v) is 11.6. The molecule has 10 heteroatoms. The maximum atomic E-state index is 13.9. The predicted molar refractivity (Wildman–Crippen MR) is 141 cm³/mol. The van der Waals surface area contributed by atoms with Gasteiger partial charge in [0.25, 0.3) is 0 Å². The molecule has 1 atom stereocenters. The first-order valence-electron chi connectivity index (χ1n) is 11.2. The number of methoxy groups -OCH3 is 1. The van der Waals surface area contributed by atoms with E-state index < -0.39 is 15.9 Å². The summed E-state index contributed by atoms with van der Waals surface area (Å²) >= 11 is 3.47. The van der Waals surface area contributed by atoms with Crippen molar-refractivity contribution in [3.8, 4) is 11.5 Å². The summed E-state index contributed by atoms with van der Waals surface area (Å²) in [5, 5.41) is 0. The van der Waals surface area contributed by atoms with E-state index in [9.17, 15) is 17.6 Å². The summed E-state index contributed by atoms with van der Waals surface area (Å²) in [5.74, 6) is 0.306. The largest absolute Gasteiger partial charge is 0.493 e. The fraction of sp³-hybridized carbons (Fsp3) is 0.269. The van der Waals surface area contributed by atoms with E-state index in [2.05, 4.69) is 15.9 Å². The molecule has 0 amide bonds. The highest BCUT2D eigenvalue weighted by molar-refractivity contribution is 9.10. The smallest absolute Gasteiger partial charge is 0.330 e. The Bertz CT molecular complexity index is 1560. The molecule has 0 N–H and O–H groups in total. The number of hydrogen-bond acceptors (Lipinski definition) is 5. The Balaban J connectivity index is 1.95. The number of nitrogens with zero attached hydrogens (tertiary/aromatic N) is 2. The molecule has 0 bridgehead atoms. The monoisotopic (exact) mass is 576 g/mol. The van der Waals surface area contributed by atoms with E-state index in [0.717, 1.165) is 16.3 Å². The van der Waals surface area contributed by atoms with Gasteiger partial charge < -0.3 is 9.47 Å². The predicted octanol–water partition coefficient (Wildman–Crippen LogP) is 4.79. The summed E-state index contributed by atoms with van der Waals surface area (Å²) in [6, 6.07) is 15.7. The number of ether oxygens (including phenoxy) is 2. The lowest BCUT2D eigenvalue weighted by Gasteiger charge is -2.20. The summed E-state index contributed by atoms with van der Waals surface area (Å²) in [4.78, 5) is 13.9. The number of halogens is 2. The summed E-state index contributed by atoms with van der Waals surface area (Å²) in [5.41, 5.74) is 2.15. The third kappa shape index (κ3) is 5.49. The van der Waals surface area contributed by atoms with Gasteiger partial charge in [0.05, 0.1) is 43.1 Å². The zero-order valence-electron chi connectivity index (χ0n) is 20.1. The Morgan fingerprint density at radius 3 is 2.36 bits per heavy atom. The van der Waals surface area contributed by atoms with Crippen molar-refractivity contribution in [1.29, 1.82) is 0 Å². The van der Waals surface area contributed by atoms with Gasteiger partial charge >= 0.3 is 5.69 Å². The second kappa shape index (κ2) is 10.5. The summed E-state index contributed by atoms with van der Waals surface area (Å²) in [6.07, 6.45) is 1.15. The molecule has 0 fully saturated rings. The van der Waals surface area contributed by atoms with Gasteiger partial charge in [-0.1, -0.05) is 34.1 Å². The highest BCUT2D eigenvalue weighted by Crippen LogP contribution is 2.33. The molecule has 1 aromatic heterocycles. The van der Waals surface area contributed by atoms with Crippen LogP contribution in [0.3, 0.4) is 0 Å². The highest BCUT2D eigenvalue weighted by atomic mass is 79.9. The zero-order chi connectivity index (χ0) is 26.0. The molecule has 0 saturated carbocycles. The van der Waals surface area contributed by atoms with Gasteiger partial charge in [-0.25, -0.2) is 17.6 Å². The van der Waals surface area contributed by atoms with Gasteiger partial charge in [-0.05, 0) is 60.5 Å². The lowest BCUT2D eigenvalue weighted by Crippen LogP contribution is -2.31. The molecule has 1 unspecified atom stereocenters. The molecule has 0 aliphatic rings. The van der Waals surface area contributed by atoms with Crippen LogP contribution in [0.5, 0.6) is 11.5 Å². The van der Waals surface area contributed by atoms with E-state index in [1.807, 2.05) is 13.0 Å². The highest BCUT2D eigenvalue weighted by Gasteiger charge is 2.27. The minimum absolute atomic E-state index is 0.192. The topological polar surface area (TPSA) is 79.5 Å². The molecule has 3 aromatic carbocycles. The van der Waals surface area contributed by atoms with Gasteiger partial charge in [-0.3, -0.25) is 9.13 Å². The Morgan fingerprint density at radius 2 is 1.72 bits per heavy atom. The van der Waals surface area contributed by atoms with E-state index in [-0.39, 0.29) is 23.8 Å². The molecule has 0 aliphatic carbocycles. The minimum atomic E-state index is -3.50. The lowest BCUT2D eigenvalue weighted by atomic mass is 10.1. The van der Waals surface area contributed by atoms with Crippen molar-refractivity contribution in [3.05, 3.63) is 92.6 Å². The fourth-order valence-corrected chi connectivity index (χ4v) is 5.52. The molecule has 0 aliphatic heterocycles. The minimum Gasteiger partial charge on any atom is -0.493 e. The number of imidazole rings is 1. The van der Waals surface area contributed by atoms with Crippen molar-refractivity contribution in [1.82, 2.24) is 9.13 Å². The summed E-state index contributed by atoms with van der Waals surface area (Å²) in [6.45, 7) is 2.42. The van der Waals surface area contributed by atoms with Crippen LogP contribution in [0.1, 0.15) is 24.1 Å². The molecule has 0 saturated heterocycles. The van der Waals surface area contributed by atoms with Crippen molar-refractivity contribution in [2.75, 3.05) is 25.7 Å². The standard InChI is InChI=1S/C26H26BrFN2O5S/c1-4-35-25-13-18(7-12-24(25)34-2)23(16-36(3,32)33)30-21-11-8-19(27)14-22(21)29(26(30)31)15-17-5-9-20(28)10-6-17/h5-14,23H,4,15-16H2,1-3H3. The first-order chi connectivity index (χ1) is 17.1. The van der Waals surface area contributed by atoms with Crippen molar-refractivity contribution in [2.24, 2.45) is 0 Å². The molecule has 0 spiro atoms. The number of rotatable bonds is 9. The quantitative estimate of drug-likeness (QED) is 0.286. The summed E-state index contributed by atoms with van der Waals surface area (Å²) < 4.78 is 53.4. The first kappa shape index (κ1) is 26.0. The van der Waals surface area contributed by atoms with Crippen LogP contribution in [0.25, 0.3) is 11.0 Å². The third-order valence-electron chi connectivity index (χ3n) is 5.82. The van der Waals surface area contributed by atoms with Gasteiger partial charge in [0.1, 0.15) is 15.7 Å². The van der Waals surface area contributed by atoms with Gasteiger partial charge in [0.15, 0.2) is 11.5 Å². The first-order valence-corrected chi connectivity index (χ1v) is 14.1. The second-order valence-electron chi connectivity index (χ2n) is 8.45. The van der Waals surface area contributed by atoms with Gasteiger partial charge in [0.2, 0.25) is 0 Å². The normalized spacial score (nSPS) is 12.6. The molecular formula is C26H26BrFN2O5S. The molecular weight excluding hydrogens is 551 g/mol. The molecule has 36 heavy (non-hydrogen) atoms. The Morgan fingerprint density at radius 1 is 1.00 bits per heavy atom. The number of aromatic nitrogens is 2. The number of sulfone groups is 1. The number of benzene rings is 3. The van der Waals surface area contributed by atoms with E-state index in [0.29, 0.717) is 34.7 Å². The maximum Gasteiger partial charge on any atom is 0.330 e. The van der Waals surface area contributed by atoms with Crippen LogP contribution in [0, 0.1) is 5.82 Å². The Kier molecular flexibility index (Phi) is 7.56. The zero-order valence-corrected chi connectivity index (χ0v) is 22.5. The molecule has 7 nitrogen and oxygen atoms in total. The van der Waals surface area contributed by atoms with Crippen molar-refractivity contribution in [2.45, 2.75) is 19.5 Å². The van der Waals surface area contributed by atoms with Gasteiger partial charge in [-0.15, -0.1) is 0 Å². The lowest BCUT2D eigenvalue weighted by molar-refractivity contribution is 0.310. The maximum absolute atomic E-state index is 13.9. The average Bonchev–Trinajstić information content (AvgIpc) is 3.09. The molecule has 190 valence electrons. The van der Waals surface area contributed by atoms with Crippen LogP contribution >= 0.6 is 15.9 Å². The van der Waals surface area contributed by atoms with Crippen LogP contribution in [0.4, 0.5) is 4.39 Å². The van der Waals surface area contributed by atoms with E-state index in [1.54, 1.807) is 47.0 Å². The fourth-order valence-electron chi connectivity index (χ4n) is 4.25. The van der Waals surface area contributed by atoms with Crippen LogP contribution < -0.4 is 15.2 Å². The van der Waals surface area contributed by atoms with Crippen molar-refractivity contribution >= 4 is 36.8 Å². The average molecular weight is 577 g/mol. The number of fused-ring (bicyclic) bond motifs is 1.